The molecule has 0 fully saturated rings. The smallest absolute Gasteiger partial charge is 0.284 e. The van der Waals surface area contributed by atoms with Gasteiger partial charge in [-0.05, 0) is 6.07 Å². The lowest BCUT2D eigenvalue weighted by Gasteiger charge is -2.08. The highest BCUT2D eigenvalue weighted by molar-refractivity contribution is 6.35. The summed E-state index contributed by atoms with van der Waals surface area (Å²) in [7, 11) is 1.27. The van der Waals surface area contributed by atoms with E-state index in [4.69, 9.17) is 27.9 Å². The molecule has 86 valence electrons. The highest BCUT2D eigenvalue weighted by atomic mass is 35.5. The number of hydrogen-bond donors (Lipinski definition) is 0. The zero-order chi connectivity index (χ0) is 12.3. The van der Waals surface area contributed by atoms with Gasteiger partial charge in [0.1, 0.15) is 5.56 Å². The monoisotopic (exact) mass is 263 g/mol. The molecule has 0 heterocycles. The first-order chi connectivity index (χ1) is 7.52. The largest absolute Gasteiger partial charge is 0.494 e. The zero-order valence-electron chi connectivity index (χ0n) is 8.20. The Morgan fingerprint density at radius 1 is 1.56 bits per heavy atom. The Morgan fingerprint density at radius 3 is 2.62 bits per heavy atom. The minimum Gasteiger partial charge on any atom is -0.494 e. The van der Waals surface area contributed by atoms with Crippen molar-refractivity contribution in [1.82, 2.24) is 0 Å². The van der Waals surface area contributed by atoms with Gasteiger partial charge in [-0.2, -0.15) is 0 Å². The first kappa shape index (κ1) is 12.7. The summed E-state index contributed by atoms with van der Waals surface area (Å²) in [5, 5.41) is 10.9. The number of hydrogen-bond acceptors (Lipinski definition) is 4. The fourth-order valence-corrected chi connectivity index (χ4v) is 1.60. The molecular formula is C9H7Cl2NO4. The number of methoxy groups -OCH3 is 1. The van der Waals surface area contributed by atoms with Gasteiger partial charge in [0.05, 0.1) is 22.9 Å². The maximum absolute atomic E-state index is 11.5. The van der Waals surface area contributed by atoms with Crippen LogP contribution in [0.4, 0.5) is 5.69 Å². The van der Waals surface area contributed by atoms with Gasteiger partial charge in [0.25, 0.3) is 5.69 Å². The van der Waals surface area contributed by atoms with Gasteiger partial charge in [0.15, 0.2) is 11.5 Å². The lowest BCUT2D eigenvalue weighted by atomic mass is 10.1. The number of carbonyl (C=O) groups is 1. The van der Waals surface area contributed by atoms with Crippen LogP contribution in [0.3, 0.4) is 0 Å². The molecule has 1 rings (SSSR count). The van der Waals surface area contributed by atoms with Crippen molar-refractivity contribution in [2.24, 2.45) is 0 Å². The number of benzene rings is 1. The standard InChI is InChI=1S/C9H7Cl2NO4/c1-16-9-5(11)2-3-6(12(14)15)8(9)7(13)4-10/h2-3H,4H2,1H3. The minimum atomic E-state index is -0.682. The number of nitro benzene ring substituents is 1. The molecule has 0 saturated heterocycles. The molecule has 0 aliphatic heterocycles. The van der Waals surface area contributed by atoms with Crippen LogP contribution in [0.25, 0.3) is 0 Å². The summed E-state index contributed by atoms with van der Waals surface area (Å²) in [6.07, 6.45) is 0. The molecule has 0 aromatic heterocycles. The maximum Gasteiger partial charge on any atom is 0.284 e. The molecule has 0 aliphatic rings. The van der Waals surface area contributed by atoms with Gasteiger partial charge < -0.3 is 4.74 Å². The van der Waals surface area contributed by atoms with Gasteiger partial charge in [0.2, 0.25) is 0 Å². The van der Waals surface area contributed by atoms with Crippen LogP contribution >= 0.6 is 23.2 Å². The first-order valence-corrected chi connectivity index (χ1v) is 5.04. The summed E-state index contributed by atoms with van der Waals surface area (Å²) < 4.78 is 4.87. The van der Waals surface area contributed by atoms with E-state index < -0.39 is 10.7 Å². The molecule has 0 amide bonds. The molecule has 5 nitrogen and oxygen atoms in total. The van der Waals surface area contributed by atoms with Crippen LogP contribution in [0, 0.1) is 10.1 Å². The lowest BCUT2D eigenvalue weighted by molar-refractivity contribution is -0.385. The summed E-state index contributed by atoms with van der Waals surface area (Å²) in [5.41, 5.74) is -0.568. The molecular weight excluding hydrogens is 257 g/mol. The molecule has 0 spiro atoms. The molecule has 16 heavy (non-hydrogen) atoms. The Morgan fingerprint density at radius 2 is 2.19 bits per heavy atom. The topological polar surface area (TPSA) is 69.4 Å². The number of alkyl halides is 1. The number of halogens is 2. The van der Waals surface area contributed by atoms with Gasteiger partial charge in [-0.15, -0.1) is 11.6 Å². The Kier molecular flexibility index (Phi) is 4.09. The Labute approximate surface area is 101 Å². The number of ether oxygens (including phenoxy) is 1. The second kappa shape index (κ2) is 5.14. The van der Waals surface area contributed by atoms with Gasteiger partial charge >= 0.3 is 0 Å². The summed E-state index contributed by atoms with van der Waals surface area (Å²) in [6, 6.07) is 2.44. The van der Waals surface area contributed by atoms with Crippen molar-refractivity contribution in [3.8, 4) is 5.75 Å². The van der Waals surface area contributed by atoms with Crippen molar-refractivity contribution in [2.45, 2.75) is 0 Å². The minimum absolute atomic E-state index is 0.0264. The third-order valence-corrected chi connectivity index (χ3v) is 2.43. The van der Waals surface area contributed by atoms with E-state index in [1.165, 1.54) is 13.2 Å². The van der Waals surface area contributed by atoms with E-state index in [2.05, 4.69) is 0 Å². The van der Waals surface area contributed by atoms with Crippen molar-refractivity contribution >= 4 is 34.7 Å². The predicted octanol–water partition coefficient (Wildman–Crippen LogP) is 2.68. The first-order valence-electron chi connectivity index (χ1n) is 4.13. The third-order valence-electron chi connectivity index (χ3n) is 1.89. The van der Waals surface area contributed by atoms with Crippen molar-refractivity contribution in [1.29, 1.82) is 0 Å². The lowest BCUT2D eigenvalue weighted by Crippen LogP contribution is -2.08. The van der Waals surface area contributed by atoms with Crippen LogP contribution in [0.1, 0.15) is 10.4 Å². The van der Waals surface area contributed by atoms with Gasteiger partial charge in [-0.3, -0.25) is 14.9 Å². The van der Waals surface area contributed by atoms with Crippen LogP contribution in [0.5, 0.6) is 5.75 Å². The SMILES string of the molecule is COc1c(Cl)ccc([N+](=O)[O-])c1C(=O)CCl. The Hall–Kier alpha value is -1.33. The second-order valence-electron chi connectivity index (χ2n) is 2.79. The van der Waals surface area contributed by atoms with E-state index in [-0.39, 0.29) is 27.9 Å². The number of carbonyl (C=O) groups excluding carboxylic acids is 1. The molecule has 0 unspecified atom stereocenters. The van der Waals surface area contributed by atoms with Crippen molar-refractivity contribution in [3.63, 3.8) is 0 Å². The highest BCUT2D eigenvalue weighted by Crippen LogP contribution is 2.35. The third kappa shape index (κ3) is 2.25. The summed E-state index contributed by atoms with van der Waals surface area (Å²) in [5.74, 6) is -1.01. The molecule has 7 heteroatoms. The molecule has 0 atom stereocenters. The number of rotatable bonds is 4. The van der Waals surface area contributed by atoms with Crippen LogP contribution in [0.15, 0.2) is 12.1 Å². The molecule has 1 aromatic carbocycles. The normalized spacial score (nSPS) is 9.94. The second-order valence-corrected chi connectivity index (χ2v) is 3.46. The number of Topliss-reactive ketones (excluding diaryl/α,β-unsaturated/α-hetero) is 1. The van der Waals surface area contributed by atoms with Crippen LogP contribution in [-0.4, -0.2) is 23.7 Å². The van der Waals surface area contributed by atoms with Crippen molar-refractivity contribution in [2.75, 3.05) is 13.0 Å². The summed E-state index contributed by atoms with van der Waals surface area (Å²) >= 11 is 11.1. The molecule has 0 aliphatic carbocycles. The molecule has 0 bridgehead atoms. The predicted molar refractivity (Wildman–Crippen MR) is 59.7 cm³/mol. The van der Waals surface area contributed by atoms with E-state index >= 15 is 0 Å². The van der Waals surface area contributed by atoms with Gasteiger partial charge in [-0.25, -0.2) is 0 Å². The maximum atomic E-state index is 11.5. The number of nitrogens with zero attached hydrogens (tertiary/aromatic N) is 1. The van der Waals surface area contributed by atoms with Crippen molar-refractivity contribution in [3.05, 3.63) is 32.8 Å². The van der Waals surface area contributed by atoms with Crippen LogP contribution in [-0.2, 0) is 0 Å². The average Bonchev–Trinajstić information content (AvgIpc) is 2.27. The van der Waals surface area contributed by atoms with E-state index in [1.807, 2.05) is 0 Å². The quantitative estimate of drug-likeness (QED) is 0.363. The highest BCUT2D eigenvalue weighted by Gasteiger charge is 2.26. The van der Waals surface area contributed by atoms with E-state index in [0.717, 1.165) is 6.07 Å². The van der Waals surface area contributed by atoms with Crippen molar-refractivity contribution < 1.29 is 14.5 Å². The Bertz CT molecular complexity index is 447. The molecule has 0 radical (unpaired) electrons. The fraction of sp³-hybridized carbons (Fsp3) is 0.222. The fourth-order valence-electron chi connectivity index (χ4n) is 1.23. The molecule has 1 aromatic rings. The summed E-state index contributed by atoms with van der Waals surface area (Å²) in [4.78, 5) is 21.5. The Balaban J connectivity index is 3.53. The number of nitro groups is 1. The van der Waals surface area contributed by atoms with E-state index in [9.17, 15) is 14.9 Å². The van der Waals surface area contributed by atoms with Crippen LogP contribution < -0.4 is 4.74 Å². The summed E-state index contributed by atoms with van der Waals surface area (Å²) in [6.45, 7) is 0. The average molecular weight is 264 g/mol. The zero-order valence-corrected chi connectivity index (χ0v) is 9.71. The van der Waals surface area contributed by atoms with Gasteiger partial charge in [0, 0.05) is 6.07 Å². The molecule has 0 saturated carbocycles. The number of ketones is 1. The van der Waals surface area contributed by atoms with Gasteiger partial charge in [-0.1, -0.05) is 11.6 Å². The van der Waals surface area contributed by atoms with E-state index in [1.54, 1.807) is 0 Å². The van der Waals surface area contributed by atoms with E-state index in [0.29, 0.717) is 0 Å². The molecule has 0 N–H and O–H groups in total. The van der Waals surface area contributed by atoms with Crippen LogP contribution in [0.2, 0.25) is 5.02 Å².